The van der Waals surface area contributed by atoms with Crippen molar-refractivity contribution in [2.45, 2.75) is 131 Å². The van der Waals surface area contributed by atoms with Gasteiger partial charge in [0.25, 0.3) is 0 Å². The quantitative estimate of drug-likeness (QED) is 0.245. The molecule has 6 aliphatic rings. The van der Waals surface area contributed by atoms with E-state index >= 15 is 0 Å². The Hall–Kier alpha value is -2.20. The zero-order valence-electron chi connectivity index (χ0n) is 30.8. The van der Waals surface area contributed by atoms with Crippen molar-refractivity contribution in [3.8, 4) is 0 Å². The monoisotopic (exact) mass is 655 g/mol. The van der Waals surface area contributed by atoms with E-state index in [0.29, 0.717) is 53.3 Å². The fourth-order valence-corrected chi connectivity index (χ4v) is 13.7. The Bertz CT molecular complexity index is 1510. The standard InChI is InChI=1S/C44H62FNO2/c1-29(2)32-17-24-44(46)26-25-41(6)34(37(32)44)13-14-36-40(5)20-18-33(39(3,4)35(40)19-21-42(36,41)7)31-15-22-43(28-45,23-16-31)38(47)48-27-30-11-9-8-10-12-30/h8-12,15,18,32,34-37H,1,13-14,16-17,19-28,46H2,2-7H3/t32-,34+,35?,36+,37+,40-,41+,42+,43-,44-/m0/s1. The van der Waals surface area contributed by atoms with Gasteiger partial charge in [-0.2, -0.15) is 0 Å². The van der Waals surface area contributed by atoms with Crippen LogP contribution < -0.4 is 5.73 Å². The summed E-state index contributed by atoms with van der Waals surface area (Å²) in [6.07, 6.45) is 17.5. The number of fused-ring (bicyclic) bond motifs is 7. The maximum absolute atomic E-state index is 14.6. The van der Waals surface area contributed by atoms with Gasteiger partial charge in [0.2, 0.25) is 0 Å². The molecule has 1 unspecified atom stereocenters. The Morgan fingerprint density at radius 3 is 2.31 bits per heavy atom. The van der Waals surface area contributed by atoms with Gasteiger partial charge in [0.05, 0.1) is 5.41 Å². The first-order valence-corrected chi connectivity index (χ1v) is 19.3. The summed E-state index contributed by atoms with van der Waals surface area (Å²) < 4.78 is 20.3. The number of carbonyl (C=O) groups is 1. The molecule has 0 bridgehead atoms. The summed E-state index contributed by atoms with van der Waals surface area (Å²) in [5.74, 6) is 2.74. The maximum Gasteiger partial charge on any atom is 0.315 e. The Labute approximate surface area is 290 Å². The number of carbonyl (C=O) groups excluding carboxylic acids is 1. The van der Waals surface area contributed by atoms with E-state index in [-0.39, 0.29) is 23.0 Å². The third kappa shape index (κ3) is 4.84. The van der Waals surface area contributed by atoms with Crippen molar-refractivity contribution in [3.63, 3.8) is 0 Å². The van der Waals surface area contributed by atoms with Crippen molar-refractivity contribution in [2.24, 2.45) is 62.4 Å². The predicted octanol–water partition coefficient (Wildman–Crippen LogP) is 10.7. The van der Waals surface area contributed by atoms with Crippen molar-refractivity contribution in [1.82, 2.24) is 0 Å². The van der Waals surface area contributed by atoms with E-state index in [4.69, 9.17) is 10.5 Å². The molecule has 0 heterocycles. The number of halogens is 1. The maximum atomic E-state index is 14.6. The molecule has 3 nitrogen and oxygen atoms in total. The largest absolute Gasteiger partial charge is 0.460 e. The lowest BCUT2D eigenvalue weighted by atomic mass is 9.33. The molecule has 6 aliphatic carbocycles. The molecular weight excluding hydrogens is 593 g/mol. The number of alkyl halides is 1. The van der Waals surface area contributed by atoms with Gasteiger partial charge < -0.3 is 10.5 Å². The lowest BCUT2D eigenvalue weighted by molar-refractivity contribution is -0.219. The molecule has 0 amide bonds. The molecule has 2 N–H and O–H groups in total. The molecule has 262 valence electrons. The van der Waals surface area contributed by atoms with Crippen LogP contribution in [-0.4, -0.2) is 18.2 Å². The summed E-state index contributed by atoms with van der Waals surface area (Å²) in [6.45, 7) is 19.3. The van der Waals surface area contributed by atoms with Crippen molar-refractivity contribution >= 4 is 5.97 Å². The minimum absolute atomic E-state index is 0.00531. The van der Waals surface area contributed by atoms with Crippen LogP contribution in [0.4, 0.5) is 4.39 Å². The van der Waals surface area contributed by atoms with Crippen LogP contribution in [-0.2, 0) is 16.1 Å². The Morgan fingerprint density at radius 2 is 1.65 bits per heavy atom. The lowest BCUT2D eigenvalue weighted by Gasteiger charge is -2.72. The number of rotatable bonds is 6. The SMILES string of the molecule is C=C(C)[C@@H]1CC[C@]2(N)CC[C@]3(C)[C@H](CC[C@@H]4[C@@]5(C)CC=C(C6=CC[C@](CF)(C(=O)OCc7ccccc7)CC6)C(C)(C)C5CC[C@]43C)[C@@H]12. The molecule has 7 rings (SSSR count). The normalized spacial score (nSPS) is 44.6. The molecule has 10 atom stereocenters. The summed E-state index contributed by atoms with van der Waals surface area (Å²) in [5, 5.41) is 0. The van der Waals surface area contributed by atoms with Crippen LogP contribution in [0.2, 0.25) is 0 Å². The van der Waals surface area contributed by atoms with Gasteiger partial charge in [0.1, 0.15) is 13.3 Å². The summed E-state index contributed by atoms with van der Waals surface area (Å²) in [7, 11) is 0. The van der Waals surface area contributed by atoms with Crippen LogP contribution in [0.5, 0.6) is 0 Å². The van der Waals surface area contributed by atoms with Gasteiger partial charge in [-0.15, -0.1) is 0 Å². The number of hydrogen-bond donors (Lipinski definition) is 1. The number of allylic oxidation sites excluding steroid dienone is 5. The van der Waals surface area contributed by atoms with Gasteiger partial charge in [-0.05, 0) is 152 Å². The molecule has 0 saturated heterocycles. The van der Waals surface area contributed by atoms with Crippen molar-refractivity contribution in [1.29, 1.82) is 0 Å². The molecule has 0 radical (unpaired) electrons. The first-order chi connectivity index (χ1) is 22.7. The van der Waals surface area contributed by atoms with E-state index in [2.05, 4.69) is 60.3 Å². The van der Waals surface area contributed by atoms with Gasteiger partial charge in [0, 0.05) is 5.54 Å². The van der Waals surface area contributed by atoms with Gasteiger partial charge in [-0.25, -0.2) is 4.39 Å². The highest BCUT2D eigenvalue weighted by atomic mass is 19.1. The van der Waals surface area contributed by atoms with Crippen LogP contribution in [0.3, 0.4) is 0 Å². The van der Waals surface area contributed by atoms with Gasteiger partial charge in [-0.1, -0.05) is 89.3 Å². The summed E-state index contributed by atoms with van der Waals surface area (Å²) >= 11 is 0. The molecule has 0 aromatic heterocycles. The lowest BCUT2D eigenvalue weighted by Crippen LogP contribution is -2.67. The summed E-state index contributed by atoms with van der Waals surface area (Å²) in [4.78, 5) is 13.3. The molecule has 0 aliphatic heterocycles. The van der Waals surface area contributed by atoms with Crippen LogP contribution in [0, 0.1) is 56.7 Å². The van der Waals surface area contributed by atoms with Crippen LogP contribution in [0.1, 0.15) is 124 Å². The van der Waals surface area contributed by atoms with E-state index in [0.717, 1.165) is 18.4 Å². The summed E-state index contributed by atoms with van der Waals surface area (Å²) in [6, 6.07) is 9.68. The van der Waals surface area contributed by atoms with Crippen LogP contribution in [0.15, 0.2) is 65.8 Å². The third-order valence-corrected chi connectivity index (χ3v) is 16.6. The molecule has 0 spiro atoms. The highest BCUT2D eigenvalue weighted by Gasteiger charge is 2.70. The zero-order valence-corrected chi connectivity index (χ0v) is 30.8. The van der Waals surface area contributed by atoms with Crippen molar-refractivity contribution in [3.05, 3.63) is 71.3 Å². The second-order valence-electron chi connectivity index (χ2n) is 18.9. The topological polar surface area (TPSA) is 52.3 Å². The molecule has 4 saturated carbocycles. The second kappa shape index (κ2) is 11.7. The molecule has 1 aromatic carbocycles. The van der Waals surface area contributed by atoms with Gasteiger partial charge >= 0.3 is 5.97 Å². The smallest absolute Gasteiger partial charge is 0.315 e. The highest BCUT2D eigenvalue weighted by Crippen LogP contribution is 2.76. The molecule has 4 heteroatoms. The van der Waals surface area contributed by atoms with E-state index in [9.17, 15) is 9.18 Å². The number of esters is 1. The number of benzene rings is 1. The predicted molar refractivity (Wildman–Crippen MR) is 194 cm³/mol. The first-order valence-electron chi connectivity index (χ1n) is 19.3. The van der Waals surface area contributed by atoms with E-state index in [1.165, 1.54) is 68.1 Å². The highest BCUT2D eigenvalue weighted by molar-refractivity contribution is 5.78. The Morgan fingerprint density at radius 1 is 0.896 bits per heavy atom. The van der Waals surface area contributed by atoms with E-state index in [1.54, 1.807) is 0 Å². The first kappa shape index (κ1) is 34.3. The number of nitrogens with two attached hydrogens (primary N) is 1. The Balaban J connectivity index is 1.12. The molecule has 48 heavy (non-hydrogen) atoms. The van der Waals surface area contributed by atoms with Crippen molar-refractivity contribution in [2.75, 3.05) is 6.67 Å². The van der Waals surface area contributed by atoms with E-state index < -0.39 is 18.1 Å². The van der Waals surface area contributed by atoms with Crippen LogP contribution >= 0.6 is 0 Å². The molecule has 4 fully saturated rings. The van der Waals surface area contributed by atoms with Gasteiger partial charge in [-0.3, -0.25) is 4.79 Å². The minimum atomic E-state index is -1.07. The fourth-order valence-electron chi connectivity index (χ4n) is 13.7. The van der Waals surface area contributed by atoms with Gasteiger partial charge in [0.15, 0.2) is 0 Å². The molecule has 1 aromatic rings. The average molecular weight is 656 g/mol. The zero-order chi connectivity index (χ0) is 34.3. The van der Waals surface area contributed by atoms with E-state index in [1.807, 2.05) is 30.3 Å². The average Bonchev–Trinajstić information content (AvgIpc) is 3.42. The van der Waals surface area contributed by atoms with Crippen molar-refractivity contribution < 1.29 is 13.9 Å². The molecular formula is C44H62FNO2. The Kier molecular flexibility index (Phi) is 8.33. The minimum Gasteiger partial charge on any atom is -0.460 e. The number of ether oxygens (including phenoxy) is 1. The fraction of sp³-hybridized carbons (Fsp3) is 0.705. The summed E-state index contributed by atoms with van der Waals surface area (Å²) in [5.41, 5.74) is 12.2. The van der Waals surface area contributed by atoms with Crippen LogP contribution in [0.25, 0.3) is 0 Å². The number of hydrogen-bond acceptors (Lipinski definition) is 3. The third-order valence-electron chi connectivity index (χ3n) is 16.6. The second-order valence-corrected chi connectivity index (χ2v) is 18.9.